The fraction of sp³-hybridized carbons (Fsp3) is 0.667. The van der Waals surface area contributed by atoms with Crippen LogP contribution in [0.4, 0.5) is 0 Å². The van der Waals surface area contributed by atoms with Crippen molar-refractivity contribution in [2.24, 2.45) is 11.8 Å². The van der Waals surface area contributed by atoms with Crippen molar-refractivity contribution in [3.05, 3.63) is 16.6 Å². The summed E-state index contributed by atoms with van der Waals surface area (Å²) in [5.41, 5.74) is 1.87. The Morgan fingerprint density at radius 2 is 2.38 bits per heavy atom. The lowest BCUT2D eigenvalue weighted by molar-refractivity contribution is -0.131. The zero-order chi connectivity index (χ0) is 11.5. The minimum absolute atomic E-state index is 0.224. The van der Waals surface area contributed by atoms with Gasteiger partial charge in [0.1, 0.15) is 0 Å². The molecule has 16 heavy (non-hydrogen) atoms. The zero-order valence-corrected chi connectivity index (χ0v) is 10.7. The smallest absolute Gasteiger partial charge is 0.226 e. The second-order valence-electron chi connectivity index (χ2n) is 4.32. The van der Waals surface area contributed by atoms with Gasteiger partial charge in [-0.2, -0.15) is 0 Å². The molecule has 0 N–H and O–H groups in total. The van der Waals surface area contributed by atoms with Gasteiger partial charge in [0.25, 0.3) is 0 Å². The number of hydrogen-bond donors (Lipinski definition) is 0. The van der Waals surface area contributed by atoms with Crippen LogP contribution in [0.2, 0.25) is 0 Å². The largest absolute Gasteiger partial charge is 0.342 e. The van der Waals surface area contributed by atoms with Crippen LogP contribution in [0.15, 0.2) is 11.7 Å². The fourth-order valence-corrected chi connectivity index (χ4v) is 3.23. The molecule has 3 nitrogen and oxygen atoms in total. The SMILES string of the molecule is CCC1C(=O)N(CC)CC1Cc1cncs1. The second-order valence-corrected chi connectivity index (χ2v) is 5.29. The molecule has 2 atom stereocenters. The molecule has 1 aromatic rings. The van der Waals surface area contributed by atoms with Crippen LogP contribution >= 0.6 is 11.3 Å². The predicted octanol–water partition coefficient (Wildman–Crippen LogP) is 2.19. The highest BCUT2D eigenvalue weighted by molar-refractivity contribution is 7.09. The average Bonchev–Trinajstić information content (AvgIpc) is 2.87. The minimum Gasteiger partial charge on any atom is -0.342 e. The fourth-order valence-electron chi connectivity index (χ4n) is 2.54. The highest BCUT2D eigenvalue weighted by Crippen LogP contribution is 2.30. The van der Waals surface area contributed by atoms with E-state index >= 15 is 0 Å². The number of carbonyl (C=O) groups is 1. The summed E-state index contributed by atoms with van der Waals surface area (Å²) in [5.74, 6) is 1.06. The number of carbonyl (C=O) groups excluding carboxylic acids is 1. The van der Waals surface area contributed by atoms with E-state index in [-0.39, 0.29) is 5.92 Å². The lowest BCUT2D eigenvalue weighted by Crippen LogP contribution is -2.26. The van der Waals surface area contributed by atoms with E-state index in [0.717, 1.165) is 25.9 Å². The van der Waals surface area contributed by atoms with E-state index in [9.17, 15) is 4.79 Å². The van der Waals surface area contributed by atoms with E-state index in [1.54, 1.807) is 11.3 Å². The molecule has 1 fully saturated rings. The normalized spacial score (nSPS) is 25.4. The summed E-state index contributed by atoms with van der Waals surface area (Å²) >= 11 is 1.69. The van der Waals surface area contributed by atoms with Crippen molar-refractivity contribution in [1.29, 1.82) is 0 Å². The Hall–Kier alpha value is -0.900. The van der Waals surface area contributed by atoms with E-state index in [4.69, 9.17) is 0 Å². The van der Waals surface area contributed by atoms with E-state index in [1.165, 1.54) is 4.88 Å². The molecule has 4 heteroatoms. The first-order valence-electron chi connectivity index (χ1n) is 5.92. The quantitative estimate of drug-likeness (QED) is 0.805. The van der Waals surface area contributed by atoms with Crippen LogP contribution in [0.25, 0.3) is 0 Å². The molecule has 2 rings (SSSR count). The molecule has 0 spiro atoms. The maximum atomic E-state index is 12.0. The lowest BCUT2D eigenvalue weighted by Gasteiger charge is -2.13. The molecule has 1 aliphatic heterocycles. The number of rotatable bonds is 4. The Bertz CT molecular complexity index is 350. The van der Waals surface area contributed by atoms with Crippen LogP contribution in [0.3, 0.4) is 0 Å². The first kappa shape index (κ1) is 11.6. The van der Waals surface area contributed by atoms with Gasteiger partial charge in [0, 0.05) is 30.1 Å². The van der Waals surface area contributed by atoms with Crippen molar-refractivity contribution >= 4 is 17.2 Å². The Balaban J connectivity index is 2.06. The Kier molecular flexibility index (Phi) is 3.59. The van der Waals surface area contributed by atoms with Gasteiger partial charge in [-0.25, -0.2) is 0 Å². The predicted molar refractivity (Wildman–Crippen MR) is 65.3 cm³/mol. The maximum Gasteiger partial charge on any atom is 0.226 e. The molecule has 0 radical (unpaired) electrons. The van der Waals surface area contributed by atoms with Crippen LogP contribution < -0.4 is 0 Å². The number of nitrogens with zero attached hydrogens (tertiary/aromatic N) is 2. The first-order valence-corrected chi connectivity index (χ1v) is 6.80. The van der Waals surface area contributed by atoms with Crippen molar-refractivity contribution < 1.29 is 4.79 Å². The van der Waals surface area contributed by atoms with Crippen LogP contribution in [0.1, 0.15) is 25.1 Å². The molecule has 0 bridgehead atoms. The maximum absolute atomic E-state index is 12.0. The third kappa shape index (κ3) is 2.12. The first-order chi connectivity index (χ1) is 7.76. The summed E-state index contributed by atoms with van der Waals surface area (Å²) in [4.78, 5) is 19.4. The van der Waals surface area contributed by atoms with Gasteiger partial charge in [0.2, 0.25) is 5.91 Å². The molecule has 88 valence electrons. The number of hydrogen-bond acceptors (Lipinski definition) is 3. The minimum atomic E-state index is 0.224. The molecule has 1 aromatic heterocycles. The molecule has 0 aromatic carbocycles. The average molecular weight is 238 g/mol. The van der Waals surface area contributed by atoms with Gasteiger partial charge in [-0.15, -0.1) is 11.3 Å². The highest BCUT2D eigenvalue weighted by Gasteiger charge is 2.38. The summed E-state index contributed by atoms with van der Waals surface area (Å²) in [5, 5.41) is 0. The number of likely N-dealkylation sites (tertiary alicyclic amines) is 1. The molecule has 1 saturated heterocycles. The van der Waals surface area contributed by atoms with Gasteiger partial charge in [0.15, 0.2) is 0 Å². The molecule has 2 unspecified atom stereocenters. The van der Waals surface area contributed by atoms with Crippen LogP contribution in [0.5, 0.6) is 0 Å². The van der Waals surface area contributed by atoms with Crippen molar-refractivity contribution in [2.45, 2.75) is 26.7 Å². The van der Waals surface area contributed by atoms with Crippen molar-refractivity contribution in [3.8, 4) is 0 Å². The molecule has 0 aliphatic carbocycles. The molecule has 1 aliphatic rings. The van der Waals surface area contributed by atoms with Gasteiger partial charge in [0.05, 0.1) is 5.51 Å². The molecular weight excluding hydrogens is 220 g/mol. The van der Waals surface area contributed by atoms with Crippen molar-refractivity contribution in [1.82, 2.24) is 9.88 Å². The summed E-state index contributed by atoms with van der Waals surface area (Å²) in [6.45, 7) is 5.93. The monoisotopic (exact) mass is 238 g/mol. The zero-order valence-electron chi connectivity index (χ0n) is 9.85. The third-order valence-corrected chi connectivity index (χ3v) is 4.22. The van der Waals surface area contributed by atoms with Gasteiger partial charge in [-0.1, -0.05) is 6.92 Å². The third-order valence-electron chi connectivity index (χ3n) is 3.42. The van der Waals surface area contributed by atoms with Gasteiger partial charge >= 0.3 is 0 Å². The highest BCUT2D eigenvalue weighted by atomic mass is 32.1. The number of thiazole rings is 1. The van der Waals surface area contributed by atoms with Crippen molar-refractivity contribution in [2.75, 3.05) is 13.1 Å². The standard InChI is InChI=1S/C12H18N2OS/c1-3-11-9(5-10-6-13-8-16-10)7-14(4-2)12(11)15/h6,8-9,11H,3-5,7H2,1-2H3. The Morgan fingerprint density at radius 1 is 1.56 bits per heavy atom. The molecule has 2 heterocycles. The number of aromatic nitrogens is 1. The lowest BCUT2D eigenvalue weighted by atomic mass is 9.90. The topological polar surface area (TPSA) is 33.2 Å². The Labute approximate surface area is 100 Å². The van der Waals surface area contributed by atoms with Crippen LogP contribution in [-0.4, -0.2) is 28.9 Å². The molecule has 0 saturated carbocycles. The summed E-state index contributed by atoms with van der Waals surface area (Å²) in [7, 11) is 0. The van der Waals surface area contributed by atoms with E-state index in [2.05, 4.69) is 18.8 Å². The van der Waals surface area contributed by atoms with Crippen LogP contribution in [0, 0.1) is 11.8 Å². The second kappa shape index (κ2) is 4.95. The number of amides is 1. The van der Waals surface area contributed by atoms with E-state index in [1.807, 2.05) is 16.6 Å². The molecular formula is C12H18N2OS. The van der Waals surface area contributed by atoms with E-state index in [0.29, 0.717) is 11.8 Å². The summed E-state index contributed by atoms with van der Waals surface area (Å²) in [6, 6.07) is 0. The Morgan fingerprint density at radius 3 is 2.94 bits per heavy atom. The van der Waals surface area contributed by atoms with E-state index < -0.39 is 0 Å². The summed E-state index contributed by atoms with van der Waals surface area (Å²) < 4.78 is 0. The van der Waals surface area contributed by atoms with Gasteiger partial charge < -0.3 is 4.90 Å². The van der Waals surface area contributed by atoms with Gasteiger partial charge in [-0.05, 0) is 25.7 Å². The van der Waals surface area contributed by atoms with Gasteiger partial charge in [-0.3, -0.25) is 9.78 Å². The summed E-state index contributed by atoms with van der Waals surface area (Å²) in [6.07, 6.45) is 3.89. The van der Waals surface area contributed by atoms with Crippen LogP contribution in [-0.2, 0) is 11.2 Å². The molecule has 1 amide bonds. The van der Waals surface area contributed by atoms with Crippen molar-refractivity contribution in [3.63, 3.8) is 0 Å².